The number of hydrogen-bond acceptors (Lipinski definition) is 2. The molecule has 0 unspecified atom stereocenters. The molecule has 0 atom stereocenters. The normalized spacial score (nSPS) is 19.1. The Hall–Kier alpha value is -0.220. The highest BCUT2D eigenvalue weighted by Gasteiger charge is 2.13. The van der Waals surface area contributed by atoms with Crippen LogP contribution >= 0.6 is 24.0 Å². The molecule has 13 heavy (non-hydrogen) atoms. The van der Waals surface area contributed by atoms with Gasteiger partial charge in [0, 0.05) is 18.9 Å². The summed E-state index contributed by atoms with van der Waals surface area (Å²) in [6.07, 6.45) is 6.65. The Labute approximate surface area is 87.7 Å². The zero-order chi connectivity index (χ0) is 9.10. The molecule has 0 spiro atoms. The van der Waals surface area contributed by atoms with Crippen LogP contribution in [0, 0.1) is 10.7 Å². The number of nitrogens with one attached hydrogen (secondary N) is 1. The fourth-order valence-electron chi connectivity index (χ4n) is 1.70. The average molecular weight is 214 g/mol. The third-order valence-electron chi connectivity index (χ3n) is 2.52. The van der Waals surface area contributed by atoms with Crippen molar-refractivity contribution in [3.05, 3.63) is 17.2 Å². The van der Waals surface area contributed by atoms with Crippen molar-refractivity contribution in [1.29, 1.82) is 0 Å². The minimum Gasteiger partial charge on any atom is -0.337 e. The standard InChI is InChI=1S/C9H14N2S2/c12-9-10-3-4-11(9)7-8-1-5-13-6-2-8/h3-4,8H,1-2,5-7H2,(H,10,12). The van der Waals surface area contributed by atoms with Gasteiger partial charge in [-0.1, -0.05) is 0 Å². The van der Waals surface area contributed by atoms with E-state index in [-0.39, 0.29) is 0 Å². The Bertz CT molecular complexity index is 309. The molecular weight excluding hydrogens is 200 g/mol. The van der Waals surface area contributed by atoms with Crippen LogP contribution < -0.4 is 0 Å². The van der Waals surface area contributed by atoms with E-state index in [0.717, 1.165) is 17.2 Å². The zero-order valence-electron chi connectivity index (χ0n) is 7.53. The van der Waals surface area contributed by atoms with Crippen molar-refractivity contribution < 1.29 is 0 Å². The molecular formula is C9H14N2S2. The van der Waals surface area contributed by atoms with Crippen LogP contribution in [0.3, 0.4) is 0 Å². The number of hydrogen-bond donors (Lipinski definition) is 1. The topological polar surface area (TPSA) is 20.7 Å². The van der Waals surface area contributed by atoms with E-state index in [0.29, 0.717) is 0 Å². The third-order valence-corrected chi connectivity index (χ3v) is 3.92. The predicted octanol–water partition coefficient (Wildman–Crippen LogP) is 2.69. The van der Waals surface area contributed by atoms with Crippen LogP contribution in [0.2, 0.25) is 0 Å². The fraction of sp³-hybridized carbons (Fsp3) is 0.667. The first-order valence-corrected chi connectivity index (χ1v) is 6.24. The maximum atomic E-state index is 5.16. The highest BCUT2D eigenvalue weighted by atomic mass is 32.2. The number of aromatic amines is 1. The molecule has 0 amide bonds. The number of H-pyrrole nitrogens is 1. The van der Waals surface area contributed by atoms with E-state index in [4.69, 9.17) is 12.2 Å². The average Bonchev–Trinajstić information content (AvgIpc) is 2.54. The smallest absolute Gasteiger partial charge is 0.177 e. The van der Waals surface area contributed by atoms with Gasteiger partial charge in [0.2, 0.25) is 0 Å². The van der Waals surface area contributed by atoms with Gasteiger partial charge < -0.3 is 9.55 Å². The third kappa shape index (κ3) is 2.38. The van der Waals surface area contributed by atoms with Crippen molar-refractivity contribution >= 4 is 24.0 Å². The number of nitrogens with zero attached hydrogens (tertiary/aromatic N) is 1. The second-order valence-corrected chi connectivity index (χ2v) is 5.08. The maximum Gasteiger partial charge on any atom is 0.177 e. The summed E-state index contributed by atoms with van der Waals surface area (Å²) < 4.78 is 3.01. The van der Waals surface area contributed by atoms with Crippen molar-refractivity contribution in [2.45, 2.75) is 19.4 Å². The van der Waals surface area contributed by atoms with Crippen molar-refractivity contribution in [3.63, 3.8) is 0 Å². The van der Waals surface area contributed by atoms with Gasteiger partial charge in [-0.15, -0.1) is 0 Å². The molecule has 2 nitrogen and oxygen atoms in total. The monoisotopic (exact) mass is 214 g/mol. The van der Waals surface area contributed by atoms with Crippen molar-refractivity contribution in [2.24, 2.45) is 5.92 Å². The molecule has 1 fully saturated rings. The molecule has 2 heterocycles. The van der Waals surface area contributed by atoms with E-state index in [1.54, 1.807) is 0 Å². The van der Waals surface area contributed by atoms with Crippen LogP contribution in [0.5, 0.6) is 0 Å². The van der Waals surface area contributed by atoms with Gasteiger partial charge in [-0.05, 0) is 42.5 Å². The summed E-state index contributed by atoms with van der Waals surface area (Å²) in [5.41, 5.74) is 0. The first-order valence-electron chi connectivity index (χ1n) is 4.68. The van der Waals surface area contributed by atoms with Crippen molar-refractivity contribution in [1.82, 2.24) is 9.55 Å². The van der Waals surface area contributed by atoms with Gasteiger partial charge in [-0.3, -0.25) is 0 Å². The lowest BCUT2D eigenvalue weighted by molar-refractivity contribution is 0.414. The molecule has 0 radical (unpaired) electrons. The van der Waals surface area contributed by atoms with Gasteiger partial charge in [0.15, 0.2) is 4.77 Å². The molecule has 1 saturated heterocycles. The van der Waals surface area contributed by atoms with Crippen LogP contribution in [0.1, 0.15) is 12.8 Å². The van der Waals surface area contributed by atoms with E-state index >= 15 is 0 Å². The molecule has 72 valence electrons. The van der Waals surface area contributed by atoms with Gasteiger partial charge in [-0.2, -0.15) is 11.8 Å². The van der Waals surface area contributed by atoms with E-state index in [9.17, 15) is 0 Å². The summed E-state index contributed by atoms with van der Waals surface area (Å²) in [6, 6.07) is 0. The largest absolute Gasteiger partial charge is 0.337 e. The number of imidazole rings is 1. The summed E-state index contributed by atoms with van der Waals surface area (Å²) >= 11 is 7.23. The molecule has 0 saturated carbocycles. The Morgan fingerprint density at radius 3 is 2.92 bits per heavy atom. The molecule has 1 aliphatic rings. The molecule has 1 aliphatic heterocycles. The highest BCUT2D eigenvalue weighted by Crippen LogP contribution is 2.23. The van der Waals surface area contributed by atoms with Gasteiger partial charge in [0.25, 0.3) is 0 Å². The van der Waals surface area contributed by atoms with Crippen LogP contribution in [0.15, 0.2) is 12.4 Å². The fourth-order valence-corrected chi connectivity index (χ4v) is 3.11. The predicted molar refractivity (Wildman–Crippen MR) is 59.7 cm³/mol. The van der Waals surface area contributed by atoms with E-state index in [1.807, 2.05) is 12.4 Å². The van der Waals surface area contributed by atoms with E-state index in [1.165, 1.54) is 24.3 Å². The summed E-state index contributed by atoms with van der Waals surface area (Å²) in [6.45, 7) is 1.10. The lowest BCUT2D eigenvalue weighted by Gasteiger charge is -2.21. The molecule has 1 N–H and O–H groups in total. The first kappa shape index (κ1) is 9.34. The van der Waals surface area contributed by atoms with E-state index < -0.39 is 0 Å². The summed E-state index contributed by atoms with van der Waals surface area (Å²) in [7, 11) is 0. The summed E-state index contributed by atoms with van der Waals surface area (Å²) in [5, 5.41) is 0. The van der Waals surface area contributed by atoms with Crippen LogP contribution in [-0.2, 0) is 6.54 Å². The first-order chi connectivity index (χ1) is 6.36. The highest BCUT2D eigenvalue weighted by molar-refractivity contribution is 7.99. The Morgan fingerprint density at radius 1 is 1.54 bits per heavy atom. The Kier molecular flexibility index (Phi) is 3.11. The zero-order valence-corrected chi connectivity index (χ0v) is 9.16. The second kappa shape index (κ2) is 4.33. The SMILES string of the molecule is S=c1[nH]ccn1CC1CCSCC1. The van der Waals surface area contributed by atoms with Gasteiger partial charge in [0.05, 0.1) is 0 Å². The Morgan fingerprint density at radius 2 is 2.31 bits per heavy atom. The second-order valence-electron chi connectivity index (χ2n) is 3.47. The van der Waals surface area contributed by atoms with Crippen LogP contribution in [0.25, 0.3) is 0 Å². The van der Waals surface area contributed by atoms with Gasteiger partial charge in [0.1, 0.15) is 0 Å². The Balaban J connectivity index is 1.97. The van der Waals surface area contributed by atoms with Crippen LogP contribution in [-0.4, -0.2) is 21.1 Å². The maximum absolute atomic E-state index is 5.16. The van der Waals surface area contributed by atoms with Crippen molar-refractivity contribution in [2.75, 3.05) is 11.5 Å². The minimum absolute atomic E-state index is 0.837. The summed E-state index contributed by atoms with van der Waals surface area (Å²) in [5.74, 6) is 3.48. The lowest BCUT2D eigenvalue weighted by Crippen LogP contribution is -2.15. The molecule has 1 aromatic heterocycles. The quantitative estimate of drug-likeness (QED) is 0.764. The number of rotatable bonds is 2. The number of aromatic nitrogens is 2. The molecule has 2 rings (SSSR count). The molecule has 0 aliphatic carbocycles. The molecule has 0 bridgehead atoms. The van der Waals surface area contributed by atoms with Crippen molar-refractivity contribution in [3.8, 4) is 0 Å². The van der Waals surface area contributed by atoms with E-state index in [2.05, 4.69) is 21.3 Å². The van der Waals surface area contributed by atoms with Gasteiger partial charge in [-0.25, -0.2) is 0 Å². The molecule has 4 heteroatoms. The minimum atomic E-state index is 0.837. The summed E-state index contributed by atoms with van der Waals surface area (Å²) in [4.78, 5) is 3.03. The van der Waals surface area contributed by atoms with Crippen LogP contribution in [0.4, 0.5) is 0 Å². The molecule has 1 aromatic rings. The molecule has 0 aromatic carbocycles. The lowest BCUT2D eigenvalue weighted by atomic mass is 10.0. The van der Waals surface area contributed by atoms with Gasteiger partial charge >= 0.3 is 0 Å². The number of thioether (sulfide) groups is 1.